The lowest BCUT2D eigenvalue weighted by molar-refractivity contribution is -0.140. The molecule has 0 saturated carbocycles. The molecule has 0 aromatic rings. The smallest absolute Gasteiger partial charge is 0.333 e. The van der Waals surface area contributed by atoms with Crippen LogP contribution in [0.3, 0.4) is 0 Å². The van der Waals surface area contributed by atoms with Gasteiger partial charge in [-0.2, -0.15) is 0 Å². The standard InChI is InChI=1S/C12H18O4.C8H14O2/c1-4-5-8-16-12(15)10(3)7-6-9(2)11(13)14;1-4-5-6-10-8(9)7(2)3/h6H,3-5,7-8H2,1-2H3,(H,13,14);2,4-6H2,1,3H3. The van der Waals surface area contributed by atoms with E-state index in [2.05, 4.69) is 20.1 Å². The monoisotopic (exact) mass is 368 g/mol. The van der Waals surface area contributed by atoms with E-state index in [-0.39, 0.29) is 23.5 Å². The molecular formula is C20H32O6. The predicted octanol–water partition coefficient (Wildman–Crippen LogP) is 4.21. The number of aliphatic carboxylic acids is 1. The Balaban J connectivity index is 0. The highest BCUT2D eigenvalue weighted by Crippen LogP contribution is 2.06. The minimum Gasteiger partial charge on any atom is -0.478 e. The minimum absolute atomic E-state index is 0.197. The molecule has 0 aromatic carbocycles. The van der Waals surface area contributed by atoms with Gasteiger partial charge in [0.15, 0.2) is 0 Å². The van der Waals surface area contributed by atoms with Gasteiger partial charge in [0.2, 0.25) is 0 Å². The van der Waals surface area contributed by atoms with Crippen LogP contribution in [0.1, 0.15) is 59.8 Å². The highest BCUT2D eigenvalue weighted by molar-refractivity contribution is 5.89. The van der Waals surface area contributed by atoms with Crippen LogP contribution in [0.4, 0.5) is 0 Å². The van der Waals surface area contributed by atoms with Crippen LogP contribution < -0.4 is 0 Å². The highest BCUT2D eigenvalue weighted by atomic mass is 16.5. The van der Waals surface area contributed by atoms with E-state index in [0.717, 1.165) is 25.7 Å². The fraction of sp³-hybridized carbons (Fsp3) is 0.550. The van der Waals surface area contributed by atoms with Crippen LogP contribution in [0, 0.1) is 0 Å². The van der Waals surface area contributed by atoms with Crippen LogP contribution in [0.5, 0.6) is 0 Å². The molecule has 0 heterocycles. The molecule has 6 nitrogen and oxygen atoms in total. The second kappa shape index (κ2) is 16.1. The number of carboxylic acid groups (broad SMARTS) is 1. The Kier molecular flexibility index (Phi) is 16.0. The van der Waals surface area contributed by atoms with E-state index in [4.69, 9.17) is 14.6 Å². The summed E-state index contributed by atoms with van der Waals surface area (Å²) in [6, 6.07) is 0. The topological polar surface area (TPSA) is 89.9 Å². The van der Waals surface area contributed by atoms with Crippen molar-refractivity contribution in [3.8, 4) is 0 Å². The molecule has 0 saturated heterocycles. The molecule has 0 rings (SSSR count). The molecule has 0 unspecified atom stereocenters. The maximum atomic E-state index is 11.3. The number of carboxylic acids is 1. The number of ether oxygens (including phenoxy) is 2. The SMILES string of the molecule is C=C(C)C(=O)OCCCC.C=C(CC=C(C)C(=O)O)C(=O)OCCCC. The first-order chi connectivity index (χ1) is 12.2. The van der Waals surface area contributed by atoms with E-state index in [1.165, 1.54) is 13.0 Å². The quantitative estimate of drug-likeness (QED) is 0.334. The lowest BCUT2D eigenvalue weighted by Gasteiger charge is -2.04. The number of rotatable bonds is 11. The summed E-state index contributed by atoms with van der Waals surface area (Å²) in [5.74, 6) is -1.73. The Morgan fingerprint density at radius 3 is 1.77 bits per heavy atom. The molecule has 0 radical (unpaired) electrons. The summed E-state index contributed by atoms with van der Waals surface area (Å²) in [6.07, 6.45) is 5.41. The van der Waals surface area contributed by atoms with Crippen molar-refractivity contribution in [2.45, 2.75) is 59.8 Å². The normalized spacial score (nSPS) is 10.2. The first kappa shape index (κ1) is 25.9. The number of hydrogen-bond acceptors (Lipinski definition) is 5. The predicted molar refractivity (Wildman–Crippen MR) is 102 cm³/mol. The van der Waals surface area contributed by atoms with Gasteiger partial charge in [0.1, 0.15) is 0 Å². The molecule has 0 atom stereocenters. The molecule has 148 valence electrons. The number of unbranched alkanes of at least 4 members (excludes halogenated alkanes) is 2. The summed E-state index contributed by atoms with van der Waals surface area (Å²) in [4.78, 5) is 32.5. The van der Waals surface area contributed by atoms with Crippen LogP contribution >= 0.6 is 0 Å². The Labute approximate surface area is 156 Å². The molecule has 0 bridgehead atoms. The first-order valence-electron chi connectivity index (χ1n) is 8.74. The summed E-state index contributed by atoms with van der Waals surface area (Å²) in [5.41, 5.74) is 0.940. The zero-order chi connectivity index (χ0) is 20.5. The van der Waals surface area contributed by atoms with E-state index in [0.29, 0.717) is 18.8 Å². The molecule has 0 spiro atoms. The summed E-state index contributed by atoms with van der Waals surface area (Å²) < 4.78 is 9.73. The zero-order valence-corrected chi connectivity index (χ0v) is 16.4. The third kappa shape index (κ3) is 15.2. The molecule has 0 fully saturated rings. The van der Waals surface area contributed by atoms with Crippen molar-refractivity contribution in [3.63, 3.8) is 0 Å². The summed E-state index contributed by atoms with van der Waals surface area (Å²) in [6.45, 7) is 15.1. The maximum Gasteiger partial charge on any atom is 0.333 e. The zero-order valence-electron chi connectivity index (χ0n) is 16.4. The third-order valence-corrected chi connectivity index (χ3v) is 3.09. The molecule has 0 aliphatic heterocycles. The van der Waals surface area contributed by atoms with E-state index in [1.807, 2.05) is 6.92 Å². The van der Waals surface area contributed by atoms with Crippen LogP contribution in [0.15, 0.2) is 36.0 Å². The Morgan fingerprint density at radius 1 is 0.923 bits per heavy atom. The van der Waals surface area contributed by atoms with Gasteiger partial charge in [0, 0.05) is 16.7 Å². The van der Waals surface area contributed by atoms with Gasteiger partial charge in [-0.1, -0.05) is 45.9 Å². The molecule has 0 aliphatic rings. The van der Waals surface area contributed by atoms with Gasteiger partial charge >= 0.3 is 17.9 Å². The van der Waals surface area contributed by atoms with Gasteiger partial charge in [-0.05, 0) is 33.1 Å². The number of allylic oxidation sites excluding steroid dienone is 1. The first-order valence-corrected chi connectivity index (χ1v) is 8.74. The Bertz CT molecular complexity index is 516. The summed E-state index contributed by atoms with van der Waals surface area (Å²) >= 11 is 0. The lowest BCUT2D eigenvalue weighted by atomic mass is 10.1. The molecule has 0 aliphatic carbocycles. The van der Waals surface area contributed by atoms with Gasteiger partial charge in [0.25, 0.3) is 0 Å². The van der Waals surface area contributed by atoms with Crippen molar-refractivity contribution in [2.75, 3.05) is 13.2 Å². The van der Waals surface area contributed by atoms with E-state index >= 15 is 0 Å². The fourth-order valence-corrected chi connectivity index (χ4v) is 1.29. The molecule has 1 N–H and O–H groups in total. The van der Waals surface area contributed by atoms with Crippen molar-refractivity contribution < 1.29 is 29.0 Å². The minimum atomic E-state index is -0.993. The van der Waals surface area contributed by atoms with Crippen LogP contribution in [0.2, 0.25) is 0 Å². The lowest BCUT2D eigenvalue weighted by Crippen LogP contribution is -2.08. The molecule has 26 heavy (non-hydrogen) atoms. The molecular weight excluding hydrogens is 336 g/mol. The van der Waals surface area contributed by atoms with Crippen molar-refractivity contribution in [1.82, 2.24) is 0 Å². The maximum absolute atomic E-state index is 11.3. The average molecular weight is 368 g/mol. The van der Waals surface area contributed by atoms with Gasteiger partial charge < -0.3 is 14.6 Å². The van der Waals surface area contributed by atoms with Crippen molar-refractivity contribution >= 4 is 17.9 Å². The summed E-state index contributed by atoms with van der Waals surface area (Å²) in [7, 11) is 0. The number of carbonyl (C=O) groups is 3. The number of esters is 2. The van der Waals surface area contributed by atoms with Crippen molar-refractivity contribution in [3.05, 3.63) is 36.0 Å². The van der Waals surface area contributed by atoms with E-state index in [1.54, 1.807) is 6.92 Å². The molecule has 0 amide bonds. The Hall–Kier alpha value is -2.37. The van der Waals surface area contributed by atoms with Gasteiger partial charge in [-0.25, -0.2) is 14.4 Å². The molecule has 6 heteroatoms. The average Bonchev–Trinajstić information content (AvgIpc) is 2.59. The van der Waals surface area contributed by atoms with Crippen LogP contribution in [-0.2, 0) is 23.9 Å². The Morgan fingerprint density at radius 2 is 1.38 bits per heavy atom. The van der Waals surface area contributed by atoms with Gasteiger partial charge in [-0.3, -0.25) is 0 Å². The van der Waals surface area contributed by atoms with Crippen molar-refractivity contribution in [2.24, 2.45) is 0 Å². The van der Waals surface area contributed by atoms with Gasteiger partial charge in [-0.15, -0.1) is 0 Å². The third-order valence-electron chi connectivity index (χ3n) is 3.09. The van der Waals surface area contributed by atoms with Crippen molar-refractivity contribution in [1.29, 1.82) is 0 Å². The highest BCUT2D eigenvalue weighted by Gasteiger charge is 2.07. The van der Waals surface area contributed by atoms with Crippen LogP contribution in [-0.4, -0.2) is 36.2 Å². The van der Waals surface area contributed by atoms with E-state index in [9.17, 15) is 14.4 Å². The number of carbonyl (C=O) groups excluding carboxylic acids is 2. The second-order valence-corrected chi connectivity index (χ2v) is 5.76. The van der Waals surface area contributed by atoms with Gasteiger partial charge in [0.05, 0.1) is 13.2 Å². The van der Waals surface area contributed by atoms with E-state index < -0.39 is 11.9 Å². The fourth-order valence-electron chi connectivity index (χ4n) is 1.29. The second-order valence-electron chi connectivity index (χ2n) is 5.76. The summed E-state index contributed by atoms with van der Waals surface area (Å²) in [5, 5.41) is 8.59. The largest absolute Gasteiger partial charge is 0.478 e. The molecule has 0 aromatic heterocycles. The van der Waals surface area contributed by atoms with Crippen LogP contribution in [0.25, 0.3) is 0 Å². The number of hydrogen-bond donors (Lipinski definition) is 1.